The number of aromatic nitrogens is 1. The molecule has 2 aromatic rings. The fourth-order valence-electron chi connectivity index (χ4n) is 2.42. The van der Waals surface area contributed by atoms with Gasteiger partial charge in [0.25, 0.3) is 5.91 Å². The second-order valence-corrected chi connectivity index (χ2v) is 5.64. The van der Waals surface area contributed by atoms with E-state index in [1.165, 1.54) is 24.3 Å². The van der Waals surface area contributed by atoms with Crippen LogP contribution in [0.15, 0.2) is 29.1 Å². The normalized spacial score (nSPS) is 11.2. The third kappa shape index (κ3) is 4.87. The summed E-state index contributed by atoms with van der Waals surface area (Å²) < 4.78 is 18.4. The minimum absolute atomic E-state index is 0.181. The maximum atomic E-state index is 13.4. The fourth-order valence-corrected chi connectivity index (χ4v) is 2.42. The van der Waals surface area contributed by atoms with Crippen molar-refractivity contribution >= 4 is 16.8 Å². The molecule has 24 heavy (non-hydrogen) atoms. The van der Waals surface area contributed by atoms with Crippen LogP contribution in [0.25, 0.3) is 10.9 Å². The first-order valence-electron chi connectivity index (χ1n) is 7.79. The molecule has 2 N–H and O–H groups in total. The van der Waals surface area contributed by atoms with Crippen molar-refractivity contribution in [2.75, 3.05) is 40.4 Å². The van der Waals surface area contributed by atoms with Crippen LogP contribution in [0.3, 0.4) is 0 Å². The quantitative estimate of drug-likeness (QED) is 0.715. The van der Waals surface area contributed by atoms with Crippen LogP contribution in [-0.4, -0.2) is 56.2 Å². The molecule has 0 aliphatic heterocycles. The zero-order valence-corrected chi connectivity index (χ0v) is 13.9. The molecule has 7 heteroatoms. The first-order valence-corrected chi connectivity index (χ1v) is 7.79. The third-order valence-electron chi connectivity index (χ3n) is 3.73. The molecule has 0 aliphatic rings. The van der Waals surface area contributed by atoms with Crippen molar-refractivity contribution in [3.05, 3.63) is 46.0 Å². The van der Waals surface area contributed by atoms with Gasteiger partial charge in [-0.05, 0) is 38.2 Å². The van der Waals surface area contributed by atoms with Gasteiger partial charge in [0, 0.05) is 37.2 Å². The van der Waals surface area contributed by atoms with E-state index in [1.54, 1.807) is 7.11 Å². The zero-order chi connectivity index (χ0) is 17.5. The molecule has 0 radical (unpaired) electrons. The van der Waals surface area contributed by atoms with Crippen LogP contribution in [0.1, 0.15) is 16.8 Å². The lowest BCUT2D eigenvalue weighted by Gasteiger charge is -2.16. The number of aromatic amines is 1. The first kappa shape index (κ1) is 18.1. The average molecular weight is 335 g/mol. The smallest absolute Gasteiger partial charge is 0.252 e. The van der Waals surface area contributed by atoms with E-state index in [-0.39, 0.29) is 11.5 Å². The Morgan fingerprint density at radius 1 is 1.33 bits per heavy atom. The molecule has 6 nitrogen and oxygen atoms in total. The highest BCUT2D eigenvalue weighted by molar-refractivity contribution is 6.05. The van der Waals surface area contributed by atoms with E-state index in [0.29, 0.717) is 24.1 Å². The number of rotatable bonds is 8. The van der Waals surface area contributed by atoms with Gasteiger partial charge in [-0.25, -0.2) is 4.39 Å². The molecular weight excluding hydrogens is 313 g/mol. The summed E-state index contributed by atoms with van der Waals surface area (Å²) in [5, 5.41) is 3.17. The second-order valence-electron chi connectivity index (χ2n) is 5.64. The van der Waals surface area contributed by atoms with Crippen LogP contribution in [0, 0.1) is 5.82 Å². The Hall–Kier alpha value is -2.25. The number of hydrogen-bond donors (Lipinski definition) is 2. The highest BCUT2D eigenvalue weighted by Gasteiger charge is 2.12. The molecule has 0 saturated heterocycles. The third-order valence-corrected chi connectivity index (χ3v) is 3.73. The van der Waals surface area contributed by atoms with Gasteiger partial charge in [0.15, 0.2) is 0 Å². The molecule has 0 unspecified atom stereocenters. The van der Waals surface area contributed by atoms with Crippen LogP contribution < -0.4 is 10.9 Å². The van der Waals surface area contributed by atoms with Gasteiger partial charge < -0.3 is 19.9 Å². The zero-order valence-electron chi connectivity index (χ0n) is 13.9. The lowest BCUT2D eigenvalue weighted by atomic mass is 10.1. The van der Waals surface area contributed by atoms with Gasteiger partial charge in [0.2, 0.25) is 5.56 Å². The van der Waals surface area contributed by atoms with Crippen LogP contribution in [0.4, 0.5) is 4.39 Å². The number of ether oxygens (including phenoxy) is 1. The number of carbonyl (C=O) groups excluding carboxylic acids is 1. The van der Waals surface area contributed by atoms with E-state index in [9.17, 15) is 14.0 Å². The minimum atomic E-state index is -0.455. The lowest BCUT2D eigenvalue weighted by Crippen LogP contribution is -2.30. The van der Waals surface area contributed by atoms with Gasteiger partial charge in [-0.3, -0.25) is 9.59 Å². The number of amides is 1. The largest absolute Gasteiger partial charge is 0.383 e. The molecule has 130 valence electrons. The summed E-state index contributed by atoms with van der Waals surface area (Å²) in [6.45, 7) is 2.77. The van der Waals surface area contributed by atoms with Crippen molar-refractivity contribution < 1.29 is 13.9 Å². The van der Waals surface area contributed by atoms with Crippen molar-refractivity contribution in [1.82, 2.24) is 15.2 Å². The number of likely N-dealkylation sites (N-methyl/N-ethyl adjacent to an activating group) is 1. The highest BCUT2D eigenvalue weighted by Crippen LogP contribution is 2.16. The number of H-pyrrole nitrogens is 1. The number of methoxy groups -OCH3 is 1. The Bertz CT molecular complexity index is 760. The molecule has 0 spiro atoms. The molecule has 1 aromatic carbocycles. The first-order chi connectivity index (χ1) is 11.5. The van der Waals surface area contributed by atoms with E-state index in [4.69, 9.17) is 4.74 Å². The van der Waals surface area contributed by atoms with Crippen molar-refractivity contribution in [1.29, 1.82) is 0 Å². The van der Waals surface area contributed by atoms with Crippen LogP contribution in [-0.2, 0) is 4.74 Å². The number of nitrogens with one attached hydrogen (secondary N) is 2. The van der Waals surface area contributed by atoms with E-state index in [1.807, 2.05) is 7.05 Å². The summed E-state index contributed by atoms with van der Waals surface area (Å²) in [4.78, 5) is 28.7. The topological polar surface area (TPSA) is 74.4 Å². The van der Waals surface area contributed by atoms with E-state index in [0.717, 1.165) is 19.5 Å². The maximum Gasteiger partial charge on any atom is 0.252 e. The highest BCUT2D eigenvalue weighted by atomic mass is 19.1. The van der Waals surface area contributed by atoms with Gasteiger partial charge in [-0.1, -0.05) is 0 Å². The Kier molecular flexibility index (Phi) is 6.45. The van der Waals surface area contributed by atoms with Crippen molar-refractivity contribution in [2.24, 2.45) is 0 Å². The number of nitrogens with zero attached hydrogens (tertiary/aromatic N) is 1. The van der Waals surface area contributed by atoms with E-state index in [2.05, 4.69) is 15.2 Å². The molecule has 0 fully saturated rings. The standard InChI is InChI=1S/C17H22FN3O3/c1-21(8-9-24-2)7-3-6-19-17(23)14-11-16(22)20-15-5-4-12(18)10-13(14)15/h4-5,10-11H,3,6-9H2,1-2H3,(H,19,23)(H,20,22). The minimum Gasteiger partial charge on any atom is -0.383 e. The van der Waals surface area contributed by atoms with Crippen LogP contribution >= 0.6 is 0 Å². The average Bonchev–Trinajstić information content (AvgIpc) is 2.56. The number of benzene rings is 1. The second kappa shape index (κ2) is 8.56. The Balaban J connectivity index is 1.99. The van der Waals surface area contributed by atoms with Gasteiger partial charge >= 0.3 is 0 Å². The number of carbonyl (C=O) groups is 1. The summed E-state index contributed by atoms with van der Waals surface area (Å²) in [6.07, 6.45) is 0.765. The van der Waals surface area contributed by atoms with Gasteiger partial charge in [-0.2, -0.15) is 0 Å². The van der Waals surface area contributed by atoms with E-state index < -0.39 is 11.4 Å². The Morgan fingerprint density at radius 2 is 2.12 bits per heavy atom. The molecule has 0 bridgehead atoms. The summed E-state index contributed by atoms with van der Waals surface area (Å²) >= 11 is 0. The molecule has 0 saturated carbocycles. The summed E-state index contributed by atoms with van der Waals surface area (Å²) in [6, 6.07) is 5.14. The lowest BCUT2D eigenvalue weighted by molar-refractivity contribution is 0.0952. The fraction of sp³-hybridized carbons (Fsp3) is 0.412. The molecule has 1 aromatic heterocycles. The van der Waals surface area contributed by atoms with Gasteiger partial charge in [-0.15, -0.1) is 0 Å². The van der Waals surface area contributed by atoms with Crippen molar-refractivity contribution in [2.45, 2.75) is 6.42 Å². The Morgan fingerprint density at radius 3 is 2.88 bits per heavy atom. The molecule has 2 rings (SSSR count). The Labute approximate surface area is 139 Å². The molecule has 1 amide bonds. The van der Waals surface area contributed by atoms with Crippen LogP contribution in [0.5, 0.6) is 0 Å². The monoisotopic (exact) mass is 335 g/mol. The van der Waals surface area contributed by atoms with Gasteiger partial charge in [0.05, 0.1) is 12.2 Å². The summed E-state index contributed by atoms with van der Waals surface area (Å²) in [7, 11) is 3.64. The number of halogens is 1. The SMILES string of the molecule is COCCN(C)CCCNC(=O)c1cc(=O)[nH]c2ccc(F)cc12. The van der Waals surface area contributed by atoms with Gasteiger partial charge in [0.1, 0.15) is 5.82 Å². The molecule has 0 aliphatic carbocycles. The number of pyridine rings is 1. The molecule has 1 heterocycles. The number of hydrogen-bond acceptors (Lipinski definition) is 4. The van der Waals surface area contributed by atoms with Crippen molar-refractivity contribution in [3.8, 4) is 0 Å². The number of fused-ring (bicyclic) bond motifs is 1. The van der Waals surface area contributed by atoms with E-state index >= 15 is 0 Å². The molecular formula is C17H22FN3O3. The predicted molar refractivity (Wildman–Crippen MR) is 90.8 cm³/mol. The summed E-state index contributed by atoms with van der Waals surface area (Å²) in [5.74, 6) is -0.834. The van der Waals surface area contributed by atoms with Crippen molar-refractivity contribution in [3.63, 3.8) is 0 Å². The summed E-state index contributed by atoms with van der Waals surface area (Å²) in [5.41, 5.74) is 0.230. The maximum absolute atomic E-state index is 13.4. The predicted octanol–water partition coefficient (Wildman–Crippen LogP) is 1.37. The van der Waals surface area contributed by atoms with Crippen LogP contribution in [0.2, 0.25) is 0 Å². The molecule has 0 atom stereocenters.